The maximum Gasteiger partial charge on any atom is 0.0656 e. The van der Waals surface area contributed by atoms with Crippen LogP contribution in [0.5, 0.6) is 0 Å². The van der Waals surface area contributed by atoms with E-state index in [-0.39, 0.29) is 23.9 Å². The molecule has 0 bridgehead atoms. The molecule has 19 heavy (non-hydrogen) atoms. The van der Waals surface area contributed by atoms with Crippen molar-refractivity contribution in [3.63, 3.8) is 0 Å². The van der Waals surface area contributed by atoms with Gasteiger partial charge in [0.15, 0.2) is 0 Å². The third kappa shape index (κ3) is 2.35. The summed E-state index contributed by atoms with van der Waals surface area (Å²) in [7, 11) is 0. The van der Waals surface area contributed by atoms with Crippen LogP contribution in [0.2, 0.25) is 0 Å². The van der Waals surface area contributed by atoms with Crippen LogP contribution in [0.25, 0.3) is 0 Å². The number of rotatable bonds is 2. The lowest BCUT2D eigenvalue weighted by atomic mass is 9.44. The SMILES string of the molecule is C[C@H](CO)[C@@H]1[C@@]2(C)CCCC(C)(C)[C@@H]2CC[C@@]1(C)O. The van der Waals surface area contributed by atoms with Gasteiger partial charge in [0.2, 0.25) is 0 Å². The van der Waals surface area contributed by atoms with Crippen LogP contribution >= 0.6 is 0 Å². The Bertz CT molecular complexity index is 334. The van der Waals surface area contributed by atoms with Gasteiger partial charge in [-0.1, -0.05) is 34.1 Å². The highest BCUT2D eigenvalue weighted by molar-refractivity contribution is 5.08. The summed E-state index contributed by atoms with van der Waals surface area (Å²) in [6.07, 6.45) is 5.77. The van der Waals surface area contributed by atoms with E-state index < -0.39 is 5.60 Å². The molecule has 0 heterocycles. The maximum atomic E-state index is 10.9. The molecular weight excluding hydrogens is 236 g/mol. The van der Waals surface area contributed by atoms with Gasteiger partial charge in [0.25, 0.3) is 0 Å². The molecule has 5 atom stereocenters. The molecule has 2 fully saturated rings. The van der Waals surface area contributed by atoms with Crippen molar-refractivity contribution in [3.05, 3.63) is 0 Å². The fourth-order valence-corrected chi connectivity index (χ4v) is 5.93. The van der Waals surface area contributed by atoms with Crippen molar-refractivity contribution in [1.29, 1.82) is 0 Å². The second-order valence-electron chi connectivity index (χ2n) is 8.43. The van der Waals surface area contributed by atoms with Crippen molar-refractivity contribution in [1.82, 2.24) is 0 Å². The maximum absolute atomic E-state index is 10.9. The van der Waals surface area contributed by atoms with Gasteiger partial charge in [0.05, 0.1) is 5.60 Å². The number of fused-ring (bicyclic) bond motifs is 1. The predicted octanol–water partition coefficient (Wildman–Crippen LogP) is 3.61. The first kappa shape index (κ1) is 15.3. The summed E-state index contributed by atoms with van der Waals surface area (Å²) in [5, 5.41) is 20.5. The Balaban J connectivity index is 2.41. The van der Waals surface area contributed by atoms with Gasteiger partial charge in [-0.15, -0.1) is 0 Å². The molecule has 0 amide bonds. The number of aliphatic hydroxyl groups is 2. The summed E-state index contributed by atoms with van der Waals surface area (Å²) in [6.45, 7) is 11.5. The van der Waals surface area contributed by atoms with Crippen LogP contribution < -0.4 is 0 Å². The summed E-state index contributed by atoms with van der Waals surface area (Å²) >= 11 is 0. The lowest BCUT2D eigenvalue weighted by Gasteiger charge is -2.62. The standard InChI is InChI=1S/C17H32O2/c1-12(11-18)14-16(4)9-6-8-15(2,3)13(16)7-10-17(14,5)19/h12-14,18-19H,6-11H2,1-5H3/t12-,13+,14-,16+,17-/m1/s1. The molecule has 0 unspecified atom stereocenters. The van der Waals surface area contributed by atoms with Crippen LogP contribution in [0.3, 0.4) is 0 Å². The fraction of sp³-hybridized carbons (Fsp3) is 1.00. The largest absolute Gasteiger partial charge is 0.396 e. The Kier molecular flexibility index (Phi) is 3.81. The van der Waals surface area contributed by atoms with Crippen molar-refractivity contribution < 1.29 is 10.2 Å². The molecule has 2 heteroatoms. The van der Waals surface area contributed by atoms with Crippen molar-refractivity contribution in [2.45, 2.75) is 72.3 Å². The van der Waals surface area contributed by atoms with Crippen LogP contribution in [0.1, 0.15) is 66.7 Å². The quantitative estimate of drug-likeness (QED) is 0.803. The van der Waals surface area contributed by atoms with Gasteiger partial charge in [-0.05, 0) is 61.2 Å². The minimum Gasteiger partial charge on any atom is -0.396 e. The summed E-state index contributed by atoms with van der Waals surface area (Å²) in [6, 6.07) is 0. The zero-order valence-corrected chi connectivity index (χ0v) is 13.4. The van der Waals surface area contributed by atoms with Gasteiger partial charge < -0.3 is 10.2 Å². The van der Waals surface area contributed by atoms with Crippen molar-refractivity contribution in [2.75, 3.05) is 6.61 Å². The second-order valence-corrected chi connectivity index (χ2v) is 8.43. The smallest absolute Gasteiger partial charge is 0.0656 e. The summed E-state index contributed by atoms with van der Waals surface area (Å²) in [4.78, 5) is 0. The van der Waals surface area contributed by atoms with E-state index in [1.807, 2.05) is 6.92 Å². The van der Waals surface area contributed by atoms with Crippen molar-refractivity contribution >= 4 is 0 Å². The highest BCUT2D eigenvalue weighted by Gasteiger charge is 2.59. The monoisotopic (exact) mass is 268 g/mol. The van der Waals surface area contributed by atoms with Gasteiger partial charge in [0.1, 0.15) is 0 Å². The molecule has 0 aromatic heterocycles. The van der Waals surface area contributed by atoms with E-state index in [2.05, 4.69) is 27.7 Å². The fourth-order valence-electron chi connectivity index (χ4n) is 5.93. The molecule has 0 aromatic carbocycles. The van der Waals surface area contributed by atoms with Gasteiger partial charge in [0, 0.05) is 6.61 Å². The van der Waals surface area contributed by atoms with E-state index in [0.29, 0.717) is 11.3 Å². The Hall–Kier alpha value is -0.0800. The molecule has 2 aliphatic carbocycles. The average Bonchev–Trinajstić information content (AvgIpc) is 2.25. The van der Waals surface area contributed by atoms with E-state index in [4.69, 9.17) is 0 Å². The van der Waals surface area contributed by atoms with Gasteiger partial charge in [-0.25, -0.2) is 0 Å². The summed E-state index contributed by atoms with van der Waals surface area (Å²) < 4.78 is 0. The molecule has 2 N–H and O–H groups in total. The highest BCUT2D eigenvalue weighted by atomic mass is 16.3. The Morgan fingerprint density at radius 3 is 2.32 bits per heavy atom. The van der Waals surface area contributed by atoms with E-state index in [1.54, 1.807) is 0 Å². The van der Waals surface area contributed by atoms with Gasteiger partial charge in [-0.2, -0.15) is 0 Å². The molecule has 2 aliphatic rings. The molecule has 0 radical (unpaired) electrons. The number of aliphatic hydroxyl groups excluding tert-OH is 1. The molecule has 0 saturated heterocycles. The minimum atomic E-state index is -0.624. The topological polar surface area (TPSA) is 40.5 Å². The Morgan fingerprint density at radius 1 is 1.11 bits per heavy atom. The minimum absolute atomic E-state index is 0.172. The van der Waals surface area contributed by atoms with Gasteiger partial charge >= 0.3 is 0 Å². The molecular formula is C17H32O2. The third-order valence-electron chi connectivity index (χ3n) is 6.45. The predicted molar refractivity (Wildman–Crippen MR) is 78.8 cm³/mol. The number of hydrogen-bond donors (Lipinski definition) is 2. The third-order valence-corrected chi connectivity index (χ3v) is 6.45. The van der Waals surface area contributed by atoms with Crippen LogP contribution in [0.4, 0.5) is 0 Å². The van der Waals surface area contributed by atoms with E-state index in [9.17, 15) is 10.2 Å². The molecule has 0 spiro atoms. The van der Waals surface area contributed by atoms with Crippen LogP contribution in [0, 0.1) is 28.6 Å². The highest BCUT2D eigenvalue weighted by Crippen LogP contribution is 2.63. The molecule has 2 nitrogen and oxygen atoms in total. The molecule has 112 valence electrons. The first-order valence-electron chi connectivity index (χ1n) is 7.98. The first-order valence-corrected chi connectivity index (χ1v) is 7.98. The first-order chi connectivity index (χ1) is 8.65. The Morgan fingerprint density at radius 2 is 1.74 bits per heavy atom. The van der Waals surface area contributed by atoms with E-state index >= 15 is 0 Å². The Labute approximate surface area is 118 Å². The summed E-state index contributed by atoms with van der Waals surface area (Å²) in [5.41, 5.74) is -0.0800. The van der Waals surface area contributed by atoms with Crippen LogP contribution in [0.15, 0.2) is 0 Å². The van der Waals surface area contributed by atoms with Crippen molar-refractivity contribution in [3.8, 4) is 0 Å². The zero-order valence-electron chi connectivity index (χ0n) is 13.4. The lowest BCUT2D eigenvalue weighted by molar-refractivity contribution is -0.187. The van der Waals surface area contributed by atoms with Crippen LogP contribution in [-0.2, 0) is 0 Å². The number of hydrogen-bond acceptors (Lipinski definition) is 2. The lowest BCUT2D eigenvalue weighted by Crippen LogP contribution is -2.59. The second kappa shape index (κ2) is 4.73. The molecule has 2 saturated carbocycles. The zero-order chi connectivity index (χ0) is 14.5. The van der Waals surface area contributed by atoms with Gasteiger partial charge in [-0.3, -0.25) is 0 Å². The van der Waals surface area contributed by atoms with Crippen molar-refractivity contribution in [2.24, 2.45) is 28.6 Å². The van der Waals surface area contributed by atoms with E-state index in [0.717, 1.165) is 12.8 Å². The summed E-state index contributed by atoms with van der Waals surface area (Å²) in [5.74, 6) is 1.06. The average molecular weight is 268 g/mol. The molecule has 0 aromatic rings. The van der Waals surface area contributed by atoms with Crippen LogP contribution in [-0.4, -0.2) is 22.4 Å². The normalized spacial score (nSPS) is 47.5. The van der Waals surface area contributed by atoms with E-state index in [1.165, 1.54) is 19.3 Å². The molecule has 0 aliphatic heterocycles. The molecule has 2 rings (SSSR count).